The molecule has 0 aromatic heterocycles. The zero-order valence-corrected chi connectivity index (χ0v) is 13.0. The number of amides is 2. The van der Waals surface area contributed by atoms with Gasteiger partial charge in [0.15, 0.2) is 0 Å². The normalized spacial score (nSPS) is 27.4. The summed E-state index contributed by atoms with van der Waals surface area (Å²) in [5, 5.41) is 12.2. The number of nitrogens with one attached hydrogen (secondary N) is 1. The van der Waals surface area contributed by atoms with Crippen molar-refractivity contribution in [1.82, 2.24) is 15.1 Å². The van der Waals surface area contributed by atoms with Crippen molar-refractivity contribution in [1.29, 1.82) is 0 Å². The second kappa shape index (κ2) is 7.11. The third kappa shape index (κ3) is 3.48. The minimum absolute atomic E-state index is 0.0780. The van der Waals surface area contributed by atoms with Gasteiger partial charge in [0, 0.05) is 18.6 Å². The van der Waals surface area contributed by atoms with Crippen LogP contribution >= 0.6 is 0 Å². The van der Waals surface area contributed by atoms with E-state index in [1.807, 2.05) is 0 Å². The molecule has 2 rings (SSSR count). The summed E-state index contributed by atoms with van der Waals surface area (Å²) in [4.78, 5) is 27.6. The summed E-state index contributed by atoms with van der Waals surface area (Å²) in [6.45, 7) is 7.97. The molecule has 0 aromatic carbocycles. The van der Waals surface area contributed by atoms with Crippen LogP contribution in [0.4, 0.5) is 4.79 Å². The number of carboxylic acids is 1. The zero-order chi connectivity index (χ0) is 15.4. The van der Waals surface area contributed by atoms with Gasteiger partial charge in [0.05, 0.1) is 5.92 Å². The average molecular weight is 297 g/mol. The van der Waals surface area contributed by atoms with Gasteiger partial charge in [0.2, 0.25) is 0 Å². The minimum atomic E-state index is -0.762. The van der Waals surface area contributed by atoms with Crippen molar-refractivity contribution in [3.8, 4) is 0 Å². The van der Waals surface area contributed by atoms with Gasteiger partial charge >= 0.3 is 12.0 Å². The van der Waals surface area contributed by atoms with E-state index in [0.29, 0.717) is 13.0 Å². The van der Waals surface area contributed by atoms with Gasteiger partial charge in [-0.1, -0.05) is 13.8 Å². The number of hydrogen-bond acceptors (Lipinski definition) is 3. The van der Waals surface area contributed by atoms with Gasteiger partial charge in [-0.2, -0.15) is 0 Å². The molecule has 2 amide bonds. The Morgan fingerprint density at radius 1 is 1.29 bits per heavy atom. The van der Waals surface area contributed by atoms with Gasteiger partial charge in [-0.3, -0.25) is 4.79 Å². The number of carbonyl (C=O) groups is 2. The van der Waals surface area contributed by atoms with Gasteiger partial charge in [0.25, 0.3) is 0 Å². The van der Waals surface area contributed by atoms with Crippen molar-refractivity contribution in [2.24, 2.45) is 5.92 Å². The summed E-state index contributed by atoms with van der Waals surface area (Å²) < 4.78 is 0. The highest BCUT2D eigenvalue weighted by Gasteiger charge is 2.51. The number of nitrogens with zero attached hydrogens (tertiary/aromatic N) is 2. The number of carboxylic acid groups (broad SMARTS) is 1. The lowest BCUT2D eigenvalue weighted by Gasteiger charge is -2.24. The molecule has 0 aliphatic carbocycles. The van der Waals surface area contributed by atoms with Crippen molar-refractivity contribution in [3.63, 3.8) is 0 Å². The average Bonchev–Trinajstić information content (AvgIpc) is 3.05. The molecule has 2 saturated heterocycles. The van der Waals surface area contributed by atoms with Gasteiger partial charge in [0.1, 0.15) is 0 Å². The Hall–Kier alpha value is -1.30. The summed E-state index contributed by atoms with van der Waals surface area (Å²) >= 11 is 0. The molecule has 0 saturated carbocycles. The SMILES string of the molecule is CCN(CC)CCCNC(=O)N1C2CCC1C(C(=O)O)C2. The van der Waals surface area contributed by atoms with Gasteiger partial charge < -0.3 is 20.2 Å². The van der Waals surface area contributed by atoms with E-state index in [-0.39, 0.29) is 24.0 Å². The number of urea groups is 1. The lowest BCUT2D eigenvalue weighted by Crippen LogP contribution is -2.44. The smallest absolute Gasteiger partial charge is 0.317 e. The second-order valence-electron chi connectivity index (χ2n) is 6.00. The molecule has 21 heavy (non-hydrogen) atoms. The highest BCUT2D eigenvalue weighted by atomic mass is 16.4. The van der Waals surface area contributed by atoms with Crippen LogP contribution in [-0.2, 0) is 4.79 Å². The molecule has 3 unspecified atom stereocenters. The number of fused-ring (bicyclic) bond motifs is 2. The summed E-state index contributed by atoms with van der Waals surface area (Å²) in [6, 6.07) is -0.0556. The Morgan fingerprint density at radius 2 is 2.00 bits per heavy atom. The summed E-state index contributed by atoms with van der Waals surface area (Å²) in [6.07, 6.45) is 3.32. The van der Waals surface area contributed by atoms with Crippen LogP contribution in [0, 0.1) is 5.92 Å². The van der Waals surface area contributed by atoms with E-state index < -0.39 is 5.97 Å². The Morgan fingerprint density at radius 3 is 2.57 bits per heavy atom. The first-order valence-corrected chi connectivity index (χ1v) is 8.09. The van der Waals surface area contributed by atoms with Gasteiger partial charge in [-0.15, -0.1) is 0 Å². The Labute approximate surface area is 126 Å². The maximum Gasteiger partial charge on any atom is 0.317 e. The predicted molar refractivity (Wildman–Crippen MR) is 80.2 cm³/mol. The topological polar surface area (TPSA) is 72.9 Å². The monoisotopic (exact) mass is 297 g/mol. The van der Waals surface area contributed by atoms with E-state index in [1.54, 1.807) is 4.90 Å². The Bertz CT molecular complexity index is 384. The first-order valence-electron chi connectivity index (χ1n) is 8.09. The van der Waals surface area contributed by atoms with Crippen LogP contribution in [0.5, 0.6) is 0 Å². The highest BCUT2D eigenvalue weighted by Crippen LogP contribution is 2.41. The first kappa shape index (κ1) is 16.1. The fraction of sp³-hybridized carbons (Fsp3) is 0.867. The molecule has 6 heteroatoms. The van der Waals surface area contributed by atoms with E-state index in [9.17, 15) is 14.7 Å². The Kier molecular flexibility index (Phi) is 5.45. The molecule has 2 N–H and O–H groups in total. The van der Waals surface area contributed by atoms with Crippen molar-refractivity contribution in [3.05, 3.63) is 0 Å². The standard InChI is InChI=1S/C15H27N3O3/c1-3-17(4-2)9-5-8-16-15(21)18-11-6-7-13(18)12(10-11)14(19)20/h11-13H,3-10H2,1-2H3,(H,16,21)(H,19,20). The van der Waals surface area contributed by atoms with E-state index >= 15 is 0 Å². The largest absolute Gasteiger partial charge is 0.481 e. The molecule has 0 aromatic rings. The van der Waals surface area contributed by atoms with Crippen molar-refractivity contribution in [2.75, 3.05) is 26.2 Å². The molecular formula is C15H27N3O3. The van der Waals surface area contributed by atoms with Crippen LogP contribution in [0.2, 0.25) is 0 Å². The molecule has 2 aliphatic rings. The van der Waals surface area contributed by atoms with Crippen molar-refractivity contribution in [2.45, 2.75) is 51.6 Å². The fourth-order valence-corrected chi connectivity index (χ4v) is 3.70. The van der Waals surface area contributed by atoms with E-state index in [0.717, 1.165) is 38.9 Å². The van der Waals surface area contributed by atoms with Crippen molar-refractivity contribution < 1.29 is 14.7 Å². The van der Waals surface area contributed by atoms with Crippen molar-refractivity contribution >= 4 is 12.0 Å². The van der Waals surface area contributed by atoms with Gasteiger partial charge in [-0.05, 0) is 45.3 Å². The molecule has 6 nitrogen and oxygen atoms in total. The number of carbonyl (C=O) groups excluding carboxylic acids is 1. The fourth-order valence-electron chi connectivity index (χ4n) is 3.70. The quantitative estimate of drug-likeness (QED) is 0.696. The van der Waals surface area contributed by atoms with Crippen LogP contribution in [-0.4, -0.2) is 65.2 Å². The first-order chi connectivity index (χ1) is 10.1. The van der Waals surface area contributed by atoms with E-state index in [1.165, 1.54) is 0 Å². The maximum absolute atomic E-state index is 12.3. The number of hydrogen-bond donors (Lipinski definition) is 2. The predicted octanol–water partition coefficient (Wildman–Crippen LogP) is 1.37. The molecule has 2 bridgehead atoms. The zero-order valence-electron chi connectivity index (χ0n) is 13.0. The molecule has 0 spiro atoms. The second-order valence-corrected chi connectivity index (χ2v) is 6.00. The summed E-state index contributed by atoms with van der Waals surface area (Å²) in [5.74, 6) is -1.13. The number of aliphatic carboxylic acids is 1. The lowest BCUT2D eigenvalue weighted by molar-refractivity contribution is -0.142. The molecule has 120 valence electrons. The molecule has 2 heterocycles. The van der Waals surface area contributed by atoms with Gasteiger partial charge in [-0.25, -0.2) is 4.79 Å². The van der Waals surface area contributed by atoms with Crippen LogP contribution in [0.25, 0.3) is 0 Å². The molecule has 3 atom stereocenters. The molecule has 0 radical (unpaired) electrons. The third-order valence-corrected chi connectivity index (χ3v) is 4.91. The van der Waals surface area contributed by atoms with Crippen LogP contribution in [0.1, 0.15) is 39.5 Å². The van der Waals surface area contributed by atoms with E-state index in [2.05, 4.69) is 24.1 Å². The summed E-state index contributed by atoms with van der Waals surface area (Å²) in [5.41, 5.74) is 0. The lowest BCUT2D eigenvalue weighted by atomic mass is 9.89. The third-order valence-electron chi connectivity index (χ3n) is 4.91. The number of rotatable bonds is 7. The maximum atomic E-state index is 12.3. The summed E-state index contributed by atoms with van der Waals surface area (Å²) in [7, 11) is 0. The minimum Gasteiger partial charge on any atom is -0.481 e. The van der Waals surface area contributed by atoms with Crippen LogP contribution < -0.4 is 5.32 Å². The highest BCUT2D eigenvalue weighted by molar-refractivity contribution is 5.79. The molecule has 2 aliphatic heterocycles. The molecular weight excluding hydrogens is 270 g/mol. The van der Waals surface area contributed by atoms with E-state index in [4.69, 9.17) is 0 Å². The molecule has 2 fully saturated rings. The van der Waals surface area contributed by atoms with Crippen LogP contribution in [0.15, 0.2) is 0 Å². The Balaban J connectivity index is 1.76. The van der Waals surface area contributed by atoms with Crippen LogP contribution in [0.3, 0.4) is 0 Å².